The van der Waals surface area contributed by atoms with Gasteiger partial charge in [-0.25, -0.2) is 8.42 Å². The van der Waals surface area contributed by atoms with Gasteiger partial charge in [0.25, 0.3) is 0 Å². The Hall–Kier alpha value is -0.780. The van der Waals surface area contributed by atoms with Gasteiger partial charge in [-0.3, -0.25) is 4.99 Å². The first-order chi connectivity index (χ1) is 11.2. The Morgan fingerprint density at radius 2 is 1.75 bits per heavy atom. The second kappa shape index (κ2) is 8.54. The van der Waals surface area contributed by atoms with E-state index >= 15 is 0 Å². The smallest absolute Gasteiger partial charge is 0.191 e. The average molecular weight is 358 g/mol. The normalized spacial score (nSPS) is 30.8. The molecule has 1 aliphatic carbocycles. The van der Waals surface area contributed by atoms with Crippen LogP contribution in [0.4, 0.5) is 0 Å². The number of aliphatic imine (C=N–C) groups is 1. The monoisotopic (exact) mass is 357 g/mol. The number of nitrogens with zero attached hydrogens (tertiary/aromatic N) is 1. The summed E-state index contributed by atoms with van der Waals surface area (Å²) >= 11 is 0. The van der Waals surface area contributed by atoms with Crippen LogP contribution in [0.2, 0.25) is 0 Å². The fourth-order valence-corrected chi connectivity index (χ4v) is 5.62. The summed E-state index contributed by atoms with van der Waals surface area (Å²) < 4.78 is 23.2. The van der Waals surface area contributed by atoms with E-state index in [0.717, 1.165) is 24.2 Å². The molecule has 0 spiro atoms. The van der Waals surface area contributed by atoms with Gasteiger partial charge in [-0.2, -0.15) is 0 Å². The van der Waals surface area contributed by atoms with Gasteiger partial charge in [0.1, 0.15) is 0 Å². The predicted octanol–water partition coefficient (Wildman–Crippen LogP) is 2.58. The van der Waals surface area contributed by atoms with Crippen LogP contribution in [-0.4, -0.2) is 44.5 Å². The first-order valence-electron chi connectivity index (χ1n) is 9.53. The Balaban J connectivity index is 1.87. The summed E-state index contributed by atoms with van der Waals surface area (Å²) in [5, 5.41) is 6.98. The summed E-state index contributed by atoms with van der Waals surface area (Å²) in [6.07, 6.45) is 5.70. The molecule has 1 saturated heterocycles. The molecule has 2 fully saturated rings. The molecular weight excluding hydrogens is 322 g/mol. The van der Waals surface area contributed by atoms with E-state index in [-0.39, 0.29) is 5.92 Å². The number of sulfone groups is 1. The molecule has 5 nitrogen and oxygen atoms in total. The molecule has 1 saturated carbocycles. The highest BCUT2D eigenvalue weighted by molar-refractivity contribution is 7.91. The van der Waals surface area contributed by atoms with Gasteiger partial charge >= 0.3 is 0 Å². The van der Waals surface area contributed by atoms with Crippen molar-refractivity contribution in [3.8, 4) is 0 Å². The molecule has 24 heavy (non-hydrogen) atoms. The van der Waals surface area contributed by atoms with Crippen molar-refractivity contribution in [3.05, 3.63) is 0 Å². The van der Waals surface area contributed by atoms with Gasteiger partial charge in [-0.1, -0.05) is 13.8 Å². The Labute approximate surface area is 148 Å². The maximum Gasteiger partial charge on any atom is 0.191 e. The van der Waals surface area contributed by atoms with Crippen LogP contribution in [0.1, 0.15) is 59.8 Å². The van der Waals surface area contributed by atoms with Gasteiger partial charge in [0.15, 0.2) is 15.8 Å². The zero-order chi connectivity index (χ0) is 17.7. The van der Waals surface area contributed by atoms with Crippen molar-refractivity contribution in [2.24, 2.45) is 22.7 Å². The van der Waals surface area contributed by atoms with Crippen molar-refractivity contribution in [2.45, 2.75) is 71.9 Å². The fraction of sp³-hybridized carbons (Fsp3) is 0.944. The lowest BCUT2D eigenvalue weighted by molar-refractivity contribution is 0.250. The van der Waals surface area contributed by atoms with Crippen molar-refractivity contribution in [2.75, 3.05) is 18.1 Å². The van der Waals surface area contributed by atoms with Gasteiger partial charge < -0.3 is 10.6 Å². The first-order valence-corrected chi connectivity index (χ1v) is 11.3. The molecule has 2 N–H and O–H groups in total. The van der Waals surface area contributed by atoms with E-state index in [4.69, 9.17) is 0 Å². The van der Waals surface area contributed by atoms with Crippen LogP contribution in [0.3, 0.4) is 0 Å². The van der Waals surface area contributed by atoms with Crippen LogP contribution in [0.15, 0.2) is 4.99 Å². The maximum absolute atomic E-state index is 11.6. The van der Waals surface area contributed by atoms with Crippen LogP contribution in [0.25, 0.3) is 0 Å². The van der Waals surface area contributed by atoms with Crippen LogP contribution < -0.4 is 10.6 Å². The molecule has 0 bridgehead atoms. The van der Waals surface area contributed by atoms with Gasteiger partial charge in [-0.05, 0) is 63.7 Å². The van der Waals surface area contributed by atoms with Crippen molar-refractivity contribution >= 4 is 15.8 Å². The third-order valence-corrected chi connectivity index (χ3v) is 7.15. The first kappa shape index (κ1) is 19.5. The van der Waals surface area contributed by atoms with E-state index in [9.17, 15) is 8.42 Å². The van der Waals surface area contributed by atoms with Gasteiger partial charge in [-0.15, -0.1) is 0 Å². The largest absolute Gasteiger partial charge is 0.354 e. The van der Waals surface area contributed by atoms with E-state index in [0.29, 0.717) is 30.1 Å². The number of rotatable bonds is 5. The molecule has 0 radical (unpaired) electrons. The highest BCUT2D eigenvalue weighted by atomic mass is 32.2. The van der Waals surface area contributed by atoms with E-state index in [2.05, 4.69) is 43.3 Å². The van der Waals surface area contributed by atoms with Gasteiger partial charge in [0.05, 0.1) is 11.5 Å². The summed E-state index contributed by atoms with van der Waals surface area (Å²) in [7, 11) is -2.82. The molecule has 140 valence electrons. The molecule has 0 aromatic carbocycles. The summed E-state index contributed by atoms with van der Waals surface area (Å²) in [6, 6.07) is 0.799. The van der Waals surface area contributed by atoms with E-state index in [1.807, 2.05) is 0 Å². The maximum atomic E-state index is 11.6. The molecule has 1 unspecified atom stereocenters. The zero-order valence-corrected chi connectivity index (χ0v) is 16.5. The summed E-state index contributed by atoms with van der Waals surface area (Å²) in [5.74, 6) is 3.28. The quantitative estimate of drug-likeness (QED) is 0.586. The summed E-state index contributed by atoms with van der Waals surface area (Å²) in [4.78, 5) is 4.69. The van der Waals surface area contributed by atoms with Crippen LogP contribution in [-0.2, 0) is 9.84 Å². The topological polar surface area (TPSA) is 70.6 Å². The van der Waals surface area contributed by atoms with Crippen molar-refractivity contribution in [1.29, 1.82) is 0 Å². The molecule has 1 aliphatic heterocycles. The molecule has 2 rings (SSSR count). The molecule has 1 atom stereocenters. The third kappa shape index (κ3) is 6.26. The molecule has 2 aliphatic rings. The lowest BCUT2D eigenvalue weighted by Crippen LogP contribution is -2.47. The minimum Gasteiger partial charge on any atom is -0.354 e. The second-order valence-corrected chi connectivity index (χ2v) is 10.5. The molecular formula is C18H35N3O2S. The number of hydrogen-bond donors (Lipinski definition) is 2. The minimum absolute atomic E-state index is 0.178. The lowest BCUT2D eigenvalue weighted by atomic mass is 9.80. The van der Waals surface area contributed by atoms with Crippen LogP contribution >= 0.6 is 0 Å². The Morgan fingerprint density at radius 1 is 1.08 bits per heavy atom. The van der Waals surface area contributed by atoms with Crippen molar-refractivity contribution in [1.82, 2.24) is 10.6 Å². The molecule has 0 aromatic rings. The highest BCUT2D eigenvalue weighted by Gasteiger charge is 2.28. The standard InChI is InChI=1S/C18H35N3O2S/c1-13(2)16-5-7-17(8-6-16)21-18(20-14(3)4)19-11-15-9-10-24(22,23)12-15/h13-17H,5-12H2,1-4H3,(H2,19,20,21). The van der Waals surface area contributed by atoms with E-state index in [1.54, 1.807) is 0 Å². The summed E-state index contributed by atoms with van der Waals surface area (Å²) in [6.45, 7) is 9.45. The van der Waals surface area contributed by atoms with Crippen molar-refractivity contribution < 1.29 is 8.42 Å². The van der Waals surface area contributed by atoms with E-state index < -0.39 is 9.84 Å². The van der Waals surface area contributed by atoms with Gasteiger partial charge in [0.2, 0.25) is 0 Å². The Bertz CT molecular complexity index is 520. The Morgan fingerprint density at radius 3 is 2.25 bits per heavy atom. The van der Waals surface area contributed by atoms with Crippen LogP contribution in [0, 0.1) is 17.8 Å². The lowest BCUT2D eigenvalue weighted by Gasteiger charge is -2.32. The summed E-state index contributed by atoms with van der Waals surface area (Å²) in [5.41, 5.74) is 0. The Kier molecular flexibility index (Phi) is 6.96. The van der Waals surface area contributed by atoms with E-state index in [1.165, 1.54) is 25.7 Å². The molecule has 6 heteroatoms. The fourth-order valence-electron chi connectivity index (χ4n) is 3.77. The third-order valence-electron chi connectivity index (χ3n) is 5.32. The molecule has 1 heterocycles. The predicted molar refractivity (Wildman–Crippen MR) is 101 cm³/mol. The van der Waals surface area contributed by atoms with Gasteiger partial charge in [0, 0.05) is 18.6 Å². The van der Waals surface area contributed by atoms with Crippen molar-refractivity contribution in [3.63, 3.8) is 0 Å². The average Bonchev–Trinajstić information content (AvgIpc) is 2.84. The number of nitrogens with one attached hydrogen (secondary N) is 2. The van der Waals surface area contributed by atoms with Crippen LogP contribution in [0.5, 0.6) is 0 Å². The molecule has 0 aromatic heterocycles. The number of hydrogen-bond acceptors (Lipinski definition) is 3. The number of guanidine groups is 1. The second-order valence-electron chi connectivity index (χ2n) is 8.26. The molecule has 0 amide bonds. The highest BCUT2D eigenvalue weighted by Crippen LogP contribution is 2.29. The SMILES string of the molecule is CC(C)NC(=NCC1CCS(=O)(=O)C1)NC1CCC(C(C)C)CC1. The minimum atomic E-state index is -2.82. The zero-order valence-electron chi connectivity index (χ0n) is 15.7.